The number of rotatable bonds is 13. The lowest BCUT2D eigenvalue weighted by Crippen LogP contribution is -2.21. The molecule has 0 aliphatic carbocycles. The molecular weight excluding hydrogens is 214 g/mol. The molecule has 0 aliphatic rings. The van der Waals surface area contributed by atoms with Gasteiger partial charge in [-0.1, -0.05) is 39.5 Å². The van der Waals surface area contributed by atoms with Crippen LogP contribution < -0.4 is 5.32 Å². The number of ether oxygens (including phenoxy) is 2. The monoisotopic (exact) mass is 245 g/mol. The van der Waals surface area contributed by atoms with Crippen LogP contribution in [0.15, 0.2) is 0 Å². The zero-order chi connectivity index (χ0) is 12.8. The molecule has 3 heteroatoms. The minimum Gasteiger partial charge on any atom is -0.382 e. The smallest absolute Gasteiger partial charge is 0.0700 e. The molecule has 0 aliphatic heterocycles. The van der Waals surface area contributed by atoms with Gasteiger partial charge in [0.1, 0.15) is 0 Å². The molecule has 0 atom stereocenters. The summed E-state index contributed by atoms with van der Waals surface area (Å²) in [4.78, 5) is 0. The Hall–Kier alpha value is -0.120. The molecule has 0 aromatic rings. The fourth-order valence-corrected chi connectivity index (χ4v) is 1.67. The van der Waals surface area contributed by atoms with E-state index in [0.717, 1.165) is 25.6 Å². The topological polar surface area (TPSA) is 30.5 Å². The first-order valence-electron chi connectivity index (χ1n) is 7.04. The first kappa shape index (κ1) is 16.9. The standard InChI is InChI=1S/C14H31NO2/c1-14(2)8-6-4-5-7-9-15-10-11-17-13-12-16-3/h14-15H,4-13H2,1-3H3. The van der Waals surface area contributed by atoms with Crippen LogP contribution in [-0.2, 0) is 9.47 Å². The number of unbranched alkanes of at least 4 members (excludes halogenated alkanes) is 3. The highest BCUT2D eigenvalue weighted by molar-refractivity contribution is 4.51. The largest absolute Gasteiger partial charge is 0.382 e. The molecule has 0 spiro atoms. The Balaban J connectivity index is 2.89. The van der Waals surface area contributed by atoms with E-state index in [4.69, 9.17) is 9.47 Å². The summed E-state index contributed by atoms with van der Waals surface area (Å²) >= 11 is 0. The lowest BCUT2D eigenvalue weighted by atomic mass is 10.0. The second kappa shape index (κ2) is 13.9. The SMILES string of the molecule is COCCOCCNCCCCCCC(C)C. The molecule has 0 aromatic heterocycles. The quantitative estimate of drug-likeness (QED) is 0.506. The molecule has 0 unspecified atom stereocenters. The average molecular weight is 245 g/mol. The molecule has 0 radical (unpaired) electrons. The van der Waals surface area contributed by atoms with Crippen LogP contribution in [0.4, 0.5) is 0 Å². The van der Waals surface area contributed by atoms with E-state index < -0.39 is 0 Å². The Kier molecular flexibility index (Phi) is 13.8. The molecule has 0 amide bonds. The van der Waals surface area contributed by atoms with Crippen molar-refractivity contribution in [2.45, 2.75) is 46.0 Å². The van der Waals surface area contributed by atoms with Crippen LogP contribution in [0, 0.1) is 5.92 Å². The van der Waals surface area contributed by atoms with Crippen molar-refractivity contribution in [3.8, 4) is 0 Å². The molecule has 3 nitrogen and oxygen atoms in total. The summed E-state index contributed by atoms with van der Waals surface area (Å²) in [5, 5.41) is 3.40. The fourth-order valence-electron chi connectivity index (χ4n) is 1.67. The van der Waals surface area contributed by atoms with Gasteiger partial charge in [-0.3, -0.25) is 0 Å². The maximum absolute atomic E-state index is 5.36. The average Bonchev–Trinajstić information content (AvgIpc) is 2.30. The predicted molar refractivity (Wildman–Crippen MR) is 73.5 cm³/mol. The number of methoxy groups -OCH3 is 1. The summed E-state index contributed by atoms with van der Waals surface area (Å²) in [7, 11) is 1.70. The van der Waals surface area contributed by atoms with E-state index >= 15 is 0 Å². The van der Waals surface area contributed by atoms with Gasteiger partial charge in [0.2, 0.25) is 0 Å². The van der Waals surface area contributed by atoms with Crippen molar-refractivity contribution in [1.29, 1.82) is 0 Å². The maximum Gasteiger partial charge on any atom is 0.0700 e. The van der Waals surface area contributed by atoms with Gasteiger partial charge >= 0.3 is 0 Å². The zero-order valence-electron chi connectivity index (χ0n) is 12.0. The van der Waals surface area contributed by atoms with Crippen molar-refractivity contribution in [2.75, 3.05) is 40.0 Å². The van der Waals surface area contributed by atoms with Gasteiger partial charge in [0.25, 0.3) is 0 Å². The highest BCUT2D eigenvalue weighted by Crippen LogP contribution is 2.08. The van der Waals surface area contributed by atoms with Crippen molar-refractivity contribution >= 4 is 0 Å². The fraction of sp³-hybridized carbons (Fsp3) is 1.00. The molecule has 0 fully saturated rings. The molecule has 0 saturated carbocycles. The molecule has 17 heavy (non-hydrogen) atoms. The number of nitrogens with one attached hydrogen (secondary N) is 1. The summed E-state index contributed by atoms with van der Waals surface area (Å²) in [5.41, 5.74) is 0. The van der Waals surface area contributed by atoms with E-state index in [1.807, 2.05) is 0 Å². The third-order valence-electron chi connectivity index (χ3n) is 2.74. The third-order valence-corrected chi connectivity index (χ3v) is 2.74. The van der Waals surface area contributed by atoms with Crippen LogP contribution in [0.2, 0.25) is 0 Å². The summed E-state index contributed by atoms with van der Waals surface area (Å²) in [6.07, 6.45) is 6.78. The molecular formula is C14H31NO2. The molecule has 0 aromatic carbocycles. The Bertz CT molecular complexity index is 140. The van der Waals surface area contributed by atoms with Gasteiger partial charge in [0, 0.05) is 13.7 Å². The predicted octanol–water partition coefficient (Wildman–Crippen LogP) is 2.85. The van der Waals surface area contributed by atoms with Crippen molar-refractivity contribution in [2.24, 2.45) is 5.92 Å². The van der Waals surface area contributed by atoms with Gasteiger partial charge in [0.05, 0.1) is 19.8 Å². The van der Waals surface area contributed by atoms with Crippen LogP contribution >= 0.6 is 0 Å². The lowest BCUT2D eigenvalue weighted by Gasteiger charge is -2.06. The third kappa shape index (κ3) is 15.9. The van der Waals surface area contributed by atoms with Crippen LogP contribution in [0.1, 0.15) is 46.0 Å². The molecule has 0 bridgehead atoms. The number of hydrogen-bond acceptors (Lipinski definition) is 3. The van der Waals surface area contributed by atoms with Gasteiger partial charge in [-0.05, 0) is 18.9 Å². The maximum atomic E-state index is 5.36. The van der Waals surface area contributed by atoms with Crippen LogP contribution in [0.3, 0.4) is 0 Å². The van der Waals surface area contributed by atoms with Gasteiger partial charge < -0.3 is 14.8 Å². The Morgan fingerprint density at radius 1 is 0.882 bits per heavy atom. The zero-order valence-corrected chi connectivity index (χ0v) is 12.0. The minimum atomic E-state index is 0.690. The van der Waals surface area contributed by atoms with Crippen molar-refractivity contribution in [3.63, 3.8) is 0 Å². The number of hydrogen-bond donors (Lipinski definition) is 1. The molecule has 1 N–H and O–H groups in total. The van der Waals surface area contributed by atoms with E-state index in [9.17, 15) is 0 Å². The molecule has 0 rings (SSSR count). The summed E-state index contributed by atoms with van der Waals surface area (Å²) in [6, 6.07) is 0. The highest BCUT2D eigenvalue weighted by atomic mass is 16.5. The first-order valence-corrected chi connectivity index (χ1v) is 7.04. The van der Waals surface area contributed by atoms with Crippen LogP contribution in [-0.4, -0.2) is 40.0 Å². The summed E-state index contributed by atoms with van der Waals surface area (Å²) < 4.78 is 10.3. The highest BCUT2D eigenvalue weighted by Gasteiger charge is 1.94. The summed E-state index contributed by atoms with van der Waals surface area (Å²) in [5.74, 6) is 0.859. The van der Waals surface area contributed by atoms with Gasteiger partial charge in [-0.2, -0.15) is 0 Å². The molecule has 0 saturated heterocycles. The van der Waals surface area contributed by atoms with E-state index in [0.29, 0.717) is 13.2 Å². The minimum absolute atomic E-state index is 0.690. The van der Waals surface area contributed by atoms with Crippen LogP contribution in [0.5, 0.6) is 0 Å². The Morgan fingerprint density at radius 2 is 1.65 bits per heavy atom. The molecule has 104 valence electrons. The van der Waals surface area contributed by atoms with E-state index in [1.54, 1.807) is 7.11 Å². The van der Waals surface area contributed by atoms with Gasteiger partial charge in [-0.15, -0.1) is 0 Å². The molecule has 0 heterocycles. The first-order chi connectivity index (χ1) is 8.27. The summed E-state index contributed by atoms with van der Waals surface area (Å²) in [6.45, 7) is 8.85. The van der Waals surface area contributed by atoms with Crippen molar-refractivity contribution in [3.05, 3.63) is 0 Å². The van der Waals surface area contributed by atoms with E-state index in [-0.39, 0.29) is 0 Å². The van der Waals surface area contributed by atoms with E-state index in [2.05, 4.69) is 19.2 Å². The van der Waals surface area contributed by atoms with Crippen molar-refractivity contribution in [1.82, 2.24) is 5.32 Å². The lowest BCUT2D eigenvalue weighted by molar-refractivity contribution is 0.0720. The van der Waals surface area contributed by atoms with E-state index in [1.165, 1.54) is 32.1 Å². The van der Waals surface area contributed by atoms with Gasteiger partial charge in [-0.25, -0.2) is 0 Å². The second-order valence-corrected chi connectivity index (χ2v) is 4.95. The Labute approximate surface area is 107 Å². The normalized spacial score (nSPS) is 11.3. The second-order valence-electron chi connectivity index (χ2n) is 4.95. The van der Waals surface area contributed by atoms with Crippen LogP contribution in [0.25, 0.3) is 0 Å². The van der Waals surface area contributed by atoms with Crippen molar-refractivity contribution < 1.29 is 9.47 Å². The Morgan fingerprint density at radius 3 is 2.35 bits per heavy atom. The van der Waals surface area contributed by atoms with Gasteiger partial charge in [0.15, 0.2) is 0 Å².